The van der Waals surface area contributed by atoms with Gasteiger partial charge in [0.15, 0.2) is 0 Å². The van der Waals surface area contributed by atoms with Crippen LogP contribution in [-0.2, 0) is 14.3 Å². The van der Waals surface area contributed by atoms with Crippen molar-refractivity contribution < 1.29 is 24.5 Å². The van der Waals surface area contributed by atoms with Crippen LogP contribution in [0.1, 0.15) is 367 Å². The molecular weight excluding hydrogens is 923 g/mol. The minimum Gasteiger partial charge on any atom is -0.466 e. The van der Waals surface area contributed by atoms with E-state index in [9.17, 15) is 19.8 Å². The number of rotatable bonds is 63. The van der Waals surface area contributed by atoms with E-state index < -0.39 is 12.1 Å². The number of hydrogen-bond acceptors (Lipinski definition) is 5. The van der Waals surface area contributed by atoms with Gasteiger partial charge in [0.25, 0.3) is 0 Å². The highest BCUT2D eigenvalue weighted by atomic mass is 16.5. The number of carbonyl (C=O) groups is 2. The zero-order valence-corrected chi connectivity index (χ0v) is 50.5. The molecule has 0 fully saturated rings. The summed E-state index contributed by atoms with van der Waals surface area (Å²) in [5, 5.41) is 23.2. The number of hydrogen-bond donors (Lipinski definition) is 3. The summed E-state index contributed by atoms with van der Waals surface area (Å²) in [7, 11) is 0. The van der Waals surface area contributed by atoms with Crippen molar-refractivity contribution in [2.75, 3.05) is 13.2 Å². The van der Waals surface area contributed by atoms with E-state index in [-0.39, 0.29) is 18.5 Å². The predicted octanol–water partition coefficient (Wildman–Crippen LogP) is 21.5. The van der Waals surface area contributed by atoms with Gasteiger partial charge < -0.3 is 20.3 Å². The van der Waals surface area contributed by atoms with Crippen LogP contribution in [0.3, 0.4) is 0 Å². The highest BCUT2D eigenvalue weighted by Gasteiger charge is 2.18. The minimum absolute atomic E-state index is 0.000807. The molecule has 0 heterocycles. The van der Waals surface area contributed by atoms with Crippen molar-refractivity contribution in [2.45, 2.75) is 379 Å². The maximum atomic E-state index is 12.5. The van der Waals surface area contributed by atoms with Crippen LogP contribution in [0.5, 0.6) is 0 Å². The maximum absolute atomic E-state index is 12.5. The van der Waals surface area contributed by atoms with E-state index in [2.05, 4.69) is 43.5 Å². The second-order valence-electron chi connectivity index (χ2n) is 23.1. The highest BCUT2D eigenvalue weighted by molar-refractivity contribution is 5.76. The summed E-state index contributed by atoms with van der Waals surface area (Å²) in [5.74, 6) is -0.0739. The van der Waals surface area contributed by atoms with Crippen molar-refractivity contribution in [1.82, 2.24) is 5.32 Å². The number of allylic oxidation sites excluding steroid dienone is 5. The van der Waals surface area contributed by atoms with Gasteiger partial charge in [0.2, 0.25) is 5.91 Å². The number of esters is 1. The fourth-order valence-corrected chi connectivity index (χ4v) is 10.4. The van der Waals surface area contributed by atoms with Crippen LogP contribution in [-0.4, -0.2) is 47.4 Å². The second-order valence-corrected chi connectivity index (χ2v) is 23.1. The average Bonchev–Trinajstić information content (AvgIpc) is 3.41. The van der Waals surface area contributed by atoms with E-state index in [0.29, 0.717) is 19.4 Å². The highest BCUT2D eigenvalue weighted by Crippen LogP contribution is 2.18. The summed E-state index contributed by atoms with van der Waals surface area (Å²) in [5.41, 5.74) is 0. The lowest BCUT2D eigenvalue weighted by molar-refractivity contribution is -0.143. The average molecular weight is 1050 g/mol. The van der Waals surface area contributed by atoms with Gasteiger partial charge in [0, 0.05) is 12.8 Å². The summed E-state index contributed by atoms with van der Waals surface area (Å²) < 4.78 is 5.49. The molecule has 0 aromatic rings. The molecule has 0 radical (unpaired) electrons. The lowest BCUT2D eigenvalue weighted by atomic mass is 10.0. The third-order valence-electron chi connectivity index (χ3n) is 15.6. The fraction of sp³-hybridized carbons (Fsp3) is 0.884. The molecule has 6 nitrogen and oxygen atoms in total. The van der Waals surface area contributed by atoms with Crippen molar-refractivity contribution in [1.29, 1.82) is 0 Å². The Bertz CT molecular complexity index is 1210. The van der Waals surface area contributed by atoms with Crippen LogP contribution >= 0.6 is 0 Å². The largest absolute Gasteiger partial charge is 0.466 e. The van der Waals surface area contributed by atoms with Crippen molar-refractivity contribution in [2.24, 2.45) is 0 Å². The molecule has 75 heavy (non-hydrogen) atoms. The number of nitrogens with one attached hydrogen (secondary N) is 1. The molecule has 0 bridgehead atoms. The van der Waals surface area contributed by atoms with Gasteiger partial charge in [-0.25, -0.2) is 0 Å². The molecule has 0 aliphatic rings. The third-order valence-corrected chi connectivity index (χ3v) is 15.6. The van der Waals surface area contributed by atoms with Gasteiger partial charge in [0.1, 0.15) is 0 Å². The number of aliphatic hydroxyl groups is 2. The molecule has 3 N–H and O–H groups in total. The van der Waals surface area contributed by atoms with Crippen molar-refractivity contribution in [3.63, 3.8) is 0 Å². The normalized spacial score (nSPS) is 12.7. The Morgan fingerprint density at radius 3 is 0.947 bits per heavy atom. The lowest BCUT2D eigenvalue weighted by Gasteiger charge is -2.20. The molecule has 0 saturated heterocycles. The zero-order valence-electron chi connectivity index (χ0n) is 50.5. The first-order chi connectivity index (χ1) is 37.0. The quantitative estimate of drug-likeness (QED) is 0.0320. The Balaban J connectivity index is 3.46. The standard InChI is InChI=1S/C69H131NO5/c1-3-5-7-9-11-13-15-17-19-21-23-24-26-29-33-37-41-45-49-53-57-61-67(72)66(65-71)70-68(73)62-58-54-50-46-42-38-34-30-27-25-28-32-36-40-44-48-52-56-60-64-75-69(74)63-59-55-51-47-43-39-35-31-22-20-18-16-14-12-10-8-6-4-2/h20,22,25,27,57,61,66-67,71-72H,3-19,21,23-24,26,28-56,58-60,62-65H2,1-2H3,(H,70,73)/b22-20-,27-25-,61-57+. The van der Waals surface area contributed by atoms with Crippen molar-refractivity contribution >= 4 is 11.9 Å². The zero-order chi connectivity index (χ0) is 54.3. The molecule has 0 aromatic heterocycles. The van der Waals surface area contributed by atoms with Gasteiger partial charge in [-0.2, -0.15) is 0 Å². The summed E-state index contributed by atoms with van der Waals surface area (Å²) in [4.78, 5) is 24.6. The van der Waals surface area contributed by atoms with Crippen LogP contribution in [0.25, 0.3) is 0 Å². The monoisotopic (exact) mass is 1050 g/mol. The van der Waals surface area contributed by atoms with Crippen LogP contribution in [0, 0.1) is 0 Å². The first-order valence-corrected chi connectivity index (χ1v) is 33.8. The van der Waals surface area contributed by atoms with Gasteiger partial charge >= 0.3 is 5.97 Å². The van der Waals surface area contributed by atoms with Gasteiger partial charge in [-0.3, -0.25) is 9.59 Å². The molecule has 0 saturated carbocycles. The molecule has 0 spiro atoms. The number of amides is 1. The first-order valence-electron chi connectivity index (χ1n) is 33.8. The smallest absolute Gasteiger partial charge is 0.305 e. The molecule has 2 unspecified atom stereocenters. The topological polar surface area (TPSA) is 95.9 Å². The van der Waals surface area contributed by atoms with E-state index in [4.69, 9.17) is 4.74 Å². The van der Waals surface area contributed by atoms with E-state index >= 15 is 0 Å². The first kappa shape index (κ1) is 73.1. The number of aliphatic hydroxyl groups excluding tert-OH is 2. The van der Waals surface area contributed by atoms with Crippen LogP contribution in [0.15, 0.2) is 36.5 Å². The Kier molecular flexibility index (Phi) is 63.0. The molecule has 0 aliphatic heterocycles. The summed E-state index contributed by atoms with van der Waals surface area (Å²) in [6.07, 6.45) is 82.0. The Hall–Kier alpha value is -1.92. The summed E-state index contributed by atoms with van der Waals surface area (Å²) >= 11 is 0. The SMILES string of the molecule is CCCCCCCCC/C=C\CCCCCCCCCC(=O)OCCCCCCCCCC/C=C\CCCCCCCCCC(=O)NC(CO)C(O)/C=C/CCCCCCCCCCCCCCCCCCCCC. The van der Waals surface area contributed by atoms with E-state index in [1.165, 1.54) is 289 Å². The maximum Gasteiger partial charge on any atom is 0.305 e. The van der Waals surface area contributed by atoms with E-state index in [1.807, 2.05) is 6.08 Å². The van der Waals surface area contributed by atoms with Gasteiger partial charge in [-0.05, 0) is 83.5 Å². The van der Waals surface area contributed by atoms with Gasteiger partial charge in [-0.1, -0.05) is 307 Å². The summed E-state index contributed by atoms with van der Waals surface area (Å²) in [6, 6.07) is -0.637. The molecule has 0 aliphatic carbocycles. The molecule has 442 valence electrons. The lowest BCUT2D eigenvalue weighted by Crippen LogP contribution is -2.45. The van der Waals surface area contributed by atoms with Crippen LogP contribution in [0.2, 0.25) is 0 Å². The van der Waals surface area contributed by atoms with E-state index in [0.717, 1.165) is 51.4 Å². The van der Waals surface area contributed by atoms with Crippen LogP contribution < -0.4 is 5.32 Å². The van der Waals surface area contributed by atoms with E-state index in [1.54, 1.807) is 6.08 Å². The second kappa shape index (κ2) is 64.6. The predicted molar refractivity (Wildman–Crippen MR) is 329 cm³/mol. The number of carbonyl (C=O) groups excluding carboxylic acids is 2. The van der Waals surface area contributed by atoms with Crippen molar-refractivity contribution in [3.8, 4) is 0 Å². The van der Waals surface area contributed by atoms with Crippen molar-refractivity contribution in [3.05, 3.63) is 36.5 Å². The fourth-order valence-electron chi connectivity index (χ4n) is 10.4. The Morgan fingerprint density at radius 2 is 0.627 bits per heavy atom. The Labute approximate surface area is 468 Å². The molecular formula is C69H131NO5. The van der Waals surface area contributed by atoms with Gasteiger partial charge in [-0.15, -0.1) is 0 Å². The molecule has 6 heteroatoms. The number of unbranched alkanes of at least 4 members (excludes halogenated alkanes) is 48. The minimum atomic E-state index is -0.852. The summed E-state index contributed by atoms with van der Waals surface area (Å²) in [6.45, 7) is 4.92. The van der Waals surface area contributed by atoms with Gasteiger partial charge in [0.05, 0.1) is 25.4 Å². The third kappa shape index (κ3) is 61.2. The molecule has 1 amide bonds. The van der Waals surface area contributed by atoms with Crippen LogP contribution in [0.4, 0.5) is 0 Å². The molecule has 0 rings (SSSR count). The molecule has 0 aromatic carbocycles. The molecule has 2 atom stereocenters. The number of ether oxygens (including phenoxy) is 1. The Morgan fingerprint density at radius 1 is 0.360 bits per heavy atom.